The lowest BCUT2D eigenvalue weighted by atomic mass is 10.1. The number of nitrogens with zero attached hydrogens (tertiary/aromatic N) is 3. The lowest BCUT2D eigenvalue weighted by Crippen LogP contribution is -2.44. The summed E-state index contributed by atoms with van der Waals surface area (Å²) in [4.78, 5) is 32.8. The number of carbonyl (C=O) groups excluding carboxylic acids is 2. The Morgan fingerprint density at radius 1 is 1.36 bits per heavy atom. The topological polar surface area (TPSA) is 65.5 Å². The highest BCUT2D eigenvalue weighted by atomic mass is 16.2. The van der Waals surface area contributed by atoms with Crippen LogP contribution in [0.4, 0.5) is 17.1 Å². The van der Waals surface area contributed by atoms with Crippen LogP contribution in [0.2, 0.25) is 0 Å². The number of likely N-dealkylation sites (N-methyl/N-ethyl adjacent to an activating group) is 1. The molecule has 2 heterocycles. The van der Waals surface area contributed by atoms with Gasteiger partial charge in [-0.3, -0.25) is 14.6 Å². The molecule has 1 aromatic heterocycles. The van der Waals surface area contributed by atoms with E-state index in [1.807, 2.05) is 56.1 Å². The summed E-state index contributed by atoms with van der Waals surface area (Å²) >= 11 is 0. The molecule has 0 bridgehead atoms. The molecule has 0 aliphatic carbocycles. The number of benzene rings is 1. The third kappa shape index (κ3) is 3.47. The molecule has 1 aliphatic rings. The second kappa shape index (κ2) is 6.93. The number of hydrogen-bond acceptors (Lipinski definition) is 4. The van der Waals surface area contributed by atoms with Crippen molar-refractivity contribution >= 4 is 28.9 Å². The first-order valence-electron chi connectivity index (χ1n) is 8.30. The van der Waals surface area contributed by atoms with Gasteiger partial charge in [0.2, 0.25) is 11.8 Å². The number of para-hydroxylation sites is 2. The van der Waals surface area contributed by atoms with Crippen molar-refractivity contribution in [3.05, 3.63) is 48.3 Å². The van der Waals surface area contributed by atoms with Crippen molar-refractivity contribution in [2.24, 2.45) is 0 Å². The minimum Gasteiger partial charge on any atom is -0.365 e. The number of aromatic nitrogens is 1. The van der Waals surface area contributed by atoms with Gasteiger partial charge >= 0.3 is 0 Å². The van der Waals surface area contributed by atoms with Crippen molar-refractivity contribution in [1.82, 2.24) is 4.98 Å². The van der Waals surface area contributed by atoms with Crippen LogP contribution in [0.15, 0.2) is 42.7 Å². The Kier molecular flexibility index (Phi) is 4.70. The molecule has 0 radical (unpaired) electrons. The molecule has 1 aliphatic heterocycles. The molecule has 0 unspecified atom stereocenters. The Bertz CT molecular complexity index is 806. The molecule has 0 spiro atoms. The first-order valence-corrected chi connectivity index (χ1v) is 8.30. The van der Waals surface area contributed by atoms with E-state index in [4.69, 9.17) is 0 Å². The molecule has 1 atom stereocenters. The third-order valence-electron chi connectivity index (χ3n) is 4.40. The molecule has 25 heavy (non-hydrogen) atoms. The van der Waals surface area contributed by atoms with Gasteiger partial charge in [-0.1, -0.05) is 12.1 Å². The van der Waals surface area contributed by atoms with Crippen LogP contribution in [0.3, 0.4) is 0 Å². The van der Waals surface area contributed by atoms with Gasteiger partial charge < -0.3 is 15.1 Å². The Morgan fingerprint density at radius 3 is 2.88 bits per heavy atom. The van der Waals surface area contributed by atoms with E-state index >= 15 is 0 Å². The second-order valence-electron chi connectivity index (χ2n) is 6.40. The van der Waals surface area contributed by atoms with Crippen LogP contribution in [-0.2, 0) is 9.59 Å². The summed E-state index contributed by atoms with van der Waals surface area (Å²) in [6.45, 7) is 4.09. The zero-order chi connectivity index (χ0) is 18.0. The molecule has 2 amide bonds. The van der Waals surface area contributed by atoms with Gasteiger partial charge in [-0.05, 0) is 37.6 Å². The molecule has 0 saturated carbocycles. The summed E-state index contributed by atoms with van der Waals surface area (Å²) in [6, 6.07) is 9.11. The molecular formula is C19H22N4O2. The average Bonchev–Trinajstić information content (AvgIpc) is 2.69. The van der Waals surface area contributed by atoms with Gasteiger partial charge in [0.15, 0.2) is 0 Å². The van der Waals surface area contributed by atoms with Gasteiger partial charge in [-0.25, -0.2) is 0 Å². The van der Waals surface area contributed by atoms with E-state index in [0.29, 0.717) is 5.69 Å². The normalized spacial score (nSPS) is 16.7. The predicted octanol–water partition coefficient (Wildman–Crippen LogP) is 2.59. The summed E-state index contributed by atoms with van der Waals surface area (Å²) in [7, 11) is 1.89. The van der Waals surface area contributed by atoms with E-state index in [-0.39, 0.29) is 30.8 Å². The van der Waals surface area contributed by atoms with Crippen molar-refractivity contribution in [2.75, 3.05) is 28.7 Å². The minimum atomic E-state index is -0.205. The molecule has 6 nitrogen and oxygen atoms in total. The van der Waals surface area contributed by atoms with Gasteiger partial charge in [0.1, 0.15) is 0 Å². The van der Waals surface area contributed by atoms with Gasteiger partial charge in [-0.2, -0.15) is 0 Å². The number of fused-ring (bicyclic) bond motifs is 1. The summed E-state index contributed by atoms with van der Waals surface area (Å²) in [5.74, 6) is -0.122. The van der Waals surface area contributed by atoms with Crippen molar-refractivity contribution in [1.29, 1.82) is 0 Å². The number of hydrogen-bond donors (Lipinski definition) is 1. The first kappa shape index (κ1) is 17.0. The number of rotatable bonds is 3. The maximum Gasteiger partial charge on any atom is 0.246 e. The summed E-state index contributed by atoms with van der Waals surface area (Å²) in [5.41, 5.74) is 3.39. The largest absolute Gasteiger partial charge is 0.365 e. The summed E-state index contributed by atoms with van der Waals surface area (Å²) in [5, 5.41) is 2.88. The highest BCUT2D eigenvalue weighted by Crippen LogP contribution is 2.31. The Labute approximate surface area is 147 Å². The number of carbonyl (C=O) groups is 2. The molecule has 6 heteroatoms. The van der Waals surface area contributed by atoms with E-state index in [1.54, 1.807) is 17.3 Å². The number of anilines is 3. The summed E-state index contributed by atoms with van der Waals surface area (Å²) in [6.07, 6.45) is 3.77. The Hall–Kier alpha value is -2.89. The molecule has 1 N–H and O–H groups in total. The van der Waals surface area contributed by atoms with Gasteiger partial charge in [0, 0.05) is 37.6 Å². The molecule has 0 saturated heterocycles. The van der Waals surface area contributed by atoms with Crippen LogP contribution in [0.25, 0.3) is 0 Å². The van der Waals surface area contributed by atoms with Crippen LogP contribution in [-0.4, -0.2) is 36.4 Å². The lowest BCUT2D eigenvalue weighted by molar-refractivity contribution is -0.118. The number of nitrogens with one attached hydrogen (secondary N) is 1. The highest BCUT2D eigenvalue weighted by Gasteiger charge is 2.30. The fourth-order valence-electron chi connectivity index (χ4n) is 3.23. The van der Waals surface area contributed by atoms with Crippen LogP contribution < -0.4 is 15.1 Å². The van der Waals surface area contributed by atoms with Crippen molar-refractivity contribution in [3.8, 4) is 0 Å². The highest BCUT2D eigenvalue weighted by molar-refractivity contribution is 6.05. The molecular weight excluding hydrogens is 316 g/mol. The lowest BCUT2D eigenvalue weighted by Gasteiger charge is -2.30. The zero-order valence-corrected chi connectivity index (χ0v) is 14.7. The fourth-order valence-corrected chi connectivity index (χ4v) is 3.23. The third-order valence-corrected chi connectivity index (χ3v) is 4.40. The maximum absolute atomic E-state index is 13.1. The van der Waals surface area contributed by atoms with Crippen LogP contribution >= 0.6 is 0 Å². The van der Waals surface area contributed by atoms with E-state index in [2.05, 4.69) is 10.3 Å². The molecule has 2 aromatic rings. The molecule has 1 aromatic carbocycles. The molecule has 3 rings (SSSR count). The van der Waals surface area contributed by atoms with Crippen LogP contribution in [0.1, 0.15) is 18.9 Å². The second-order valence-corrected chi connectivity index (χ2v) is 6.40. The molecule has 130 valence electrons. The Morgan fingerprint density at radius 2 is 2.12 bits per heavy atom. The fraction of sp³-hybridized carbons (Fsp3) is 0.316. The van der Waals surface area contributed by atoms with Gasteiger partial charge in [0.05, 0.1) is 17.9 Å². The van der Waals surface area contributed by atoms with E-state index in [0.717, 1.165) is 16.9 Å². The Balaban J connectivity index is 1.88. The van der Waals surface area contributed by atoms with Gasteiger partial charge in [0.25, 0.3) is 0 Å². The molecule has 0 fully saturated rings. The van der Waals surface area contributed by atoms with Gasteiger partial charge in [-0.15, -0.1) is 0 Å². The van der Waals surface area contributed by atoms with Crippen LogP contribution in [0.5, 0.6) is 0 Å². The monoisotopic (exact) mass is 338 g/mol. The predicted molar refractivity (Wildman–Crippen MR) is 98.9 cm³/mol. The average molecular weight is 338 g/mol. The minimum absolute atomic E-state index is 0.0461. The van der Waals surface area contributed by atoms with Crippen LogP contribution in [0, 0.1) is 6.92 Å². The number of aryl methyl sites for hydroxylation is 1. The quantitative estimate of drug-likeness (QED) is 0.934. The zero-order valence-electron chi connectivity index (χ0n) is 14.7. The SMILES string of the molecule is Cc1cnccc1N(C)CC(=O)N1c2ccccc2NC(=O)C[C@H]1C. The first-order chi connectivity index (χ1) is 12.0. The van der Waals surface area contributed by atoms with Crippen molar-refractivity contribution in [3.63, 3.8) is 0 Å². The van der Waals surface area contributed by atoms with Crippen molar-refractivity contribution < 1.29 is 9.59 Å². The summed E-state index contributed by atoms with van der Waals surface area (Å²) < 4.78 is 0. The van der Waals surface area contributed by atoms with E-state index in [1.165, 1.54) is 0 Å². The number of amides is 2. The van der Waals surface area contributed by atoms with Crippen molar-refractivity contribution in [2.45, 2.75) is 26.3 Å². The standard InChI is InChI=1S/C19H22N4O2/c1-13-11-20-9-8-16(13)22(3)12-19(25)23-14(2)10-18(24)21-15-6-4-5-7-17(15)23/h4-9,11,14H,10,12H2,1-3H3,(H,21,24)/t14-/m1/s1. The maximum atomic E-state index is 13.1. The smallest absolute Gasteiger partial charge is 0.246 e. The number of pyridine rings is 1. The van der Waals surface area contributed by atoms with E-state index in [9.17, 15) is 9.59 Å². The van der Waals surface area contributed by atoms with E-state index < -0.39 is 0 Å².